The number of nitrogens with zero attached hydrogens (tertiary/aromatic N) is 1. The molecule has 0 atom stereocenters. The summed E-state index contributed by atoms with van der Waals surface area (Å²) in [6.07, 6.45) is 1.69. The average molecular weight is 445 g/mol. The van der Waals surface area contributed by atoms with E-state index < -0.39 is 10.0 Å². The first-order valence-corrected chi connectivity index (χ1v) is 11.8. The van der Waals surface area contributed by atoms with E-state index in [2.05, 4.69) is 5.32 Å². The highest BCUT2D eigenvalue weighted by atomic mass is 32.2. The number of nitrogens with one attached hydrogen (secondary N) is 1. The van der Waals surface area contributed by atoms with Gasteiger partial charge in [-0.1, -0.05) is 24.3 Å². The van der Waals surface area contributed by atoms with Gasteiger partial charge in [-0.05, 0) is 56.0 Å². The van der Waals surface area contributed by atoms with Gasteiger partial charge < -0.3 is 10.1 Å². The third-order valence-corrected chi connectivity index (χ3v) is 7.51. The molecule has 166 valence electrons. The fraction of sp³-hybridized carbons (Fsp3) is 0.391. The Balaban J connectivity index is 1.48. The van der Waals surface area contributed by atoms with Crippen LogP contribution in [0.25, 0.3) is 0 Å². The second kappa shape index (κ2) is 10.1. The summed E-state index contributed by atoms with van der Waals surface area (Å²) in [5.41, 5.74) is 1.58. The fourth-order valence-corrected chi connectivity index (χ4v) is 5.11. The van der Waals surface area contributed by atoms with E-state index in [1.54, 1.807) is 7.11 Å². The van der Waals surface area contributed by atoms with Crippen molar-refractivity contribution in [2.24, 2.45) is 5.92 Å². The topological polar surface area (TPSA) is 92.8 Å². The lowest BCUT2D eigenvalue weighted by atomic mass is 9.97. The number of ether oxygens (including phenoxy) is 1. The second-order valence-corrected chi connectivity index (χ2v) is 9.59. The van der Waals surface area contributed by atoms with Crippen LogP contribution in [0.1, 0.15) is 35.7 Å². The van der Waals surface area contributed by atoms with Crippen LogP contribution in [-0.4, -0.2) is 51.2 Å². The quantitative estimate of drug-likeness (QED) is 0.632. The van der Waals surface area contributed by atoms with Crippen molar-refractivity contribution < 1.29 is 22.7 Å². The molecule has 7 nitrogen and oxygen atoms in total. The molecule has 1 heterocycles. The smallest absolute Gasteiger partial charge is 0.243 e. The third-order valence-electron chi connectivity index (χ3n) is 5.60. The maximum atomic E-state index is 12.9. The monoisotopic (exact) mass is 444 g/mol. The van der Waals surface area contributed by atoms with Crippen LogP contribution in [0.4, 0.5) is 0 Å². The molecule has 3 rings (SSSR count). The van der Waals surface area contributed by atoms with E-state index in [4.69, 9.17) is 4.74 Å². The molecule has 1 aliphatic heterocycles. The highest BCUT2D eigenvalue weighted by Crippen LogP contribution is 2.24. The lowest BCUT2D eigenvalue weighted by molar-refractivity contribution is -0.126. The molecule has 1 fully saturated rings. The molecule has 31 heavy (non-hydrogen) atoms. The van der Waals surface area contributed by atoms with E-state index in [0.29, 0.717) is 38.0 Å². The standard InChI is InChI=1S/C23H28N2O5S/c1-17(26)19-5-9-22(10-6-19)31(28,29)25-15-12-20(13-16-25)23(27)24-14-11-18-3-7-21(30-2)8-4-18/h3-10,20H,11-16H2,1-2H3,(H,24,27). The minimum Gasteiger partial charge on any atom is -0.497 e. The Labute approximate surface area is 183 Å². The minimum absolute atomic E-state index is 0.0311. The molecule has 0 aliphatic carbocycles. The van der Waals surface area contributed by atoms with Crippen LogP contribution in [0.15, 0.2) is 53.4 Å². The first kappa shape index (κ1) is 23.0. The molecule has 1 N–H and O–H groups in total. The maximum Gasteiger partial charge on any atom is 0.243 e. The van der Waals surface area contributed by atoms with Crippen LogP contribution in [-0.2, 0) is 21.2 Å². The Morgan fingerprint density at radius 3 is 2.19 bits per heavy atom. The second-order valence-electron chi connectivity index (χ2n) is 7.65. The minimum atomic E-state index is -3.63. The van der Waals surface area contributed by atoms with Gasteiger partial charge >= 0.3 is 0 Å². The zero-order valence-corrected chi connectivity index (χ0v) is 18.7. The Bertz CT molecular complexity index is 1010. The van der Waals surface area contributed by atoms with Gasteiger partial charge in [0.1, 0.15) is 5.75 Å². The summed E-state index contributed by atoms with van der Waals surface area (Å²) in [6, 6.07) is 13.7. The Morgan fingerprint density at radius 2 is 1.65 bits per heavy atom. The molecule has 8 heteroatoms. The van der Waals surface area contributed by atoms with Crippen LogP contribution in [0.3, 0.4) is 0 Å². The number of benzene rings is 2. The summed E-state index contributed by atoms with van der Waals surface area (Å²) in [4.78, 5) is 24.0. The molecule has 0 bridgehead atoms. The van der Waals surface area contributed by atoms with Crippen molar-refractivity contribution in [1.29, 1.82) is 0 Å². The zero-order chi connectivity index (χ0) is 22.4. The number of Topliss-reactive ketones (excluding diaryl/α,β-unsaturated/α-hetero) is 1. The van der Waals surface area contributed by atoms with E-state index in [1.807, 2.05) is 24.3 Å². The molecular formula is C23H28N2O5S. The lowest BCUT2D eigenvalue weighted by Crippen LogP contribution is -2.43. The van der Waals surface area contributed by atoms with Gasteiger partial charge in [-0.3, -0.25) is 9.59 Å². The number of rotatable bonds is 8. The molecule has 1 aliphatic rings. The molecule has 0 unspecified atom stereocenters. The number of hydrogen-bond donors (Lipinski definition) is 1. The van der Waals surface area contributed by atoms with E-state index in [1.165, 1.54) is 35.5 Å². The van der Waals surface area contributed by atoms with E-state index in [0.717, 1.165) is 17.7 Å². The predicted molar refractivity (Wildman–Crippen MR) is 118 cm³/mol. The van der Waals surface area contributed by atoms with Crippen LogP contribution in [0.2, 0.25) is 0 Å². The Morgan fingerprint density at radius 1 is 1.03 bits per heavy atom. The molecule has 0 saturated carbocycles. The third kappa shape index (κ3) is 5.71. The van der Waals surface area contributed by atoms with Crippen molar-refractivity contribution in [2.45, 2.75) is 31.1 Å². The van der Waals surface area contributed by atoms with Gasteiger partial charge in [-0.2, -0.15) is 4.31 Å². The normalized spacial score (nSPS) is 15.4. The Kier molecular flexibility index (Phi) is 7.46. The molecule has 0 aromatic heterocycles. The number of sulfonamides is 1. The van der Waals surface area contributed by atoms with Gasteiger partial charge in [0.15, 0.2) is 5.78 Å². The predicted octanol–water partition coefficient (Wildman–Crippen LogP) is 2.66. The first-order valence-electron chi connectivity index (χ1n) is 10.3. The zero-order valence-electron chi connectivity index (χ0n) is 17.8. The van der Waals surface area contributed by atoms with E-state index in [9.17, 15) is 18.0 Å². The highest BCUT2D eigenvalue weighted by Gasteiger charge is 2.32. The summed E-state index contributed by atoms with van der Waals surface area (Å²) in [6.45, 7) is 2.57. The van der Waals surface area contributed by atoms with Crippen molar-refractivity contribution in [3.63, 3.8) is 0 Å². The van der Waals surface area contributed by atoms with Gasteiger partial charge in [-0.25, -0.2) is 8.42 Å². The van der Waals surface area contributed by atoms with Gasteiger partial charge in [0, 0.05) is 31.1 Å². The van der Waals surface area contributed by atoms with Crippen LogP contribution in [0.5, 0.6) is 5.75 Å². The number of methoxy groups -OCH3 is 1. The number of carbonyl (C=O) groups excluding carboxylic acids is 2. The summed E-state index contributed by atoms with van der Waals surface area (Å²) in [7, 11) is -2.01. The van der Waals surface area contributed by atoms with Gasteiger partial charge in [-0.15, -0.1) is 0 Å². The van der Waals surface area contributed by atoms with E-state index in [-0.39, 0.29) is 22.5 Å². The van der Waals surface area contributed by atoms with Gasteiger partial charge in [0.25, 0.3) is 0 Å². The summed E-state index contributed by atoms with van der Waals surface area (Å²) in [5.74, 6) is 0.464. The molecule has 0 radical (unpaired) electrons. The average Bonchev–Trinajstić information content (AvgIpc) is 2.79. The van der Waals surface area contributed by atoms with Crippen molar-refractivity contribution in [3.8, 4) is 5.75 Å². The van der Waals surface area contributed by atoms with Crippen LogP contribution >= 0.6 is 0 Å². The van der Waals surface area contributed by atoms with Crippen molar-refractivity contribution in [1.82, 2.24) is 9.62 Å². The van der Waals surface area contributed by atoms with Crippen molar-refractivity contribution in [3.05, 3.63) is 59.7 Å². The molecule has 2 aromatic rings. The van der Waals surface area contributed by atoms with Gasteiger partial charge in [0.2, 0.25) is 15.9 Å². The number of hydrogen-bond acceptors (Lipinski definition) is 5. The summed E-state index contributed by atoms with van der Waals surface area (Å²) in [5, 5.41) is 2.96. The number of amides is 1. The van der Waals surface area contributed by atoms with Crippen LogP contribution < -0.4 is 10.1 Å². The maximum absolute atomic E-state index is 12.9. The lowest BCUT2D eigenvalue weighted by Gasteiger charge is -2.30. The summed E-state index contributed by atoms with van der Waals surface area (Å²) < 4.78 is 32.3. The van der Waals surface area contributed by atoms with Gasteiger partial charge in [0.05, 0.1) is 12.0 Å². The van der Waals surface area contributed by atoms with Crippen molar-refractivity contribution >= 4 is 21.7 Å². The molecule has 2 aromatic carbocycles. The van der Waals surface area contributed by atoms with E-state index >= 15 is 0 Å². The fourth-order valence-electron chi connectivity index (χ4n) is 3.64. The largest absolute Gasteiger partial charge is 0.497 e. The number of carbonyl (C=O) groups is 2. The number of ketones is 1. The SMILES string of the molecule is COc1ccc(CCNC(=O)C2CCN(S(=O)(=O)c3ccc(C(C)=O)cc3)CC2)cc1. The number of piperidine rings is 1. The van der Waals surface area contributed by atoms with Crippen molar-refractivity contribution in [2.75, 3.05) is 26.7 Å². The molecule has 0 spiro atoms. The summed E-state index contributed by atoms with van der Waals surface area (Å²) >= 11 is 0. The highest BCUT2D eigenvalue weighted by molar-refractivity contribution is 7.89. The molecular weight excluding hydrogens is 416 g/mol. The Hall–Kier alpha value is -2.71. The van der Waals surface area contributed by atoms with Crippen LogP contribution in [0, 0.1) is 5.92 Å². The first-order chi connectivity index (χ1) is 14.8. The molecule has 1 saturated heterocycles. The molecule has 1 amide bonds.